The van der Waals surface area contributed by atoms with Gasteiger partial charge in [0.15, 0.2) is 0 Å². The molecule has 1 aliphatic carbocycles. The molecule has 0 heterocycles. The minimum absolute atomic E-state index is 0.982. The highest BCUT2D eigenvalue weighted by atomic mass is 15.2. The van der Waals surface area contributed by atoms with Crippen LogP contribution in [0, 0.1) is 13.8 Å². The van der Waals surface area contributed by atoms with Gasteiger partial charge in [0.1, 0.15) is 0 Å². The normalized spacial score (nSPS) is 12.8. The zero-order valence-corrected chi connectivity index (χ0v) is 23.2. The van der Waals surface area contributed by atoms with Crippen molar-refractivity contribution in [3.8, 4) is 0 Å². The first-order valence-corrected chi connectivity index (χ1v) is 14.0. The number of para-hydroxylation sites is 2. The lowest BCUT2D eigenvalue weighted by atomic mass is 9.94. The van der Waals surface area contributed by atoms with E-state index in [1.54, 1.807) is 0 Å². The molecule has 1 aliphatic rings. The highest BCUT2D eigenvalue weighted by Crippen LogP contribution is 2.38. The lowest BCUT2D eigenvalue weighted by Crippen LogP contribution is -2.17. The molecule has 40 heavy (non-hydrogen) atoms. The molecule has 0 amide bonds. The highest BCUT2D eigenvalue weighted by molar-refractivity contribution is 5.79. The Hall–Kier alpha value is -4.82. The van der Waals surface area contributed by atoms with Gasteiger partial charge in [0.05, 0.1) is 0 Å². The summed E-state index contributed by atoms with van der Waals surface area (Å²) < 4.78 is 0. The fourth-order valence-corrected chi connectivity index (χ4v) is 5.35. The fraction of sp³-hybridized carbons (Fsp3) is 0.105. The van der Waals surface area contributed by atoms with E-state index in [1.165, 1.54) is 39.3 Å². The summed E-state index contributed by atoms with van der Waals surface area (Å²) in [6, 6.07) is 47.8. The van der Waals surface area contributed by atoms with Gasteiger partial charge in [-0.2, -0.15) is 0 Å². The molecular weight excluding hydrogens is 484 g/mol. The molecule has 2 heteroatoms. The molecule has 0 fully saturated rings. The van der Waals surface area contributed by atoms with E-state index in [0.29, 0.717) is 0 Å². The quantitative estimate of drug-likeness (QED) is 0.211. The average Bonchev–Trinajstić information content (AvgIpc) is 3.01. The summed E-state index contributed by atoms with van der Waals surface area (Å²) in [6.45, 7) is 4.26. The highest BCUT2D eigenvalue weighted by Gasteiger charge is 2.18. The molecule has 5 aromatic rings. The van der Waals surface area contributed by atoms with Crippen molar-refractivity contribution in [2.45, 2.75) is 26.7 Å². The number of hydrogen-bond acceptors (Lipinski definition) is 2. The van der Waals surface area contributed by atoms with Crippen molar-refractivity contribution in [2.24, 2.45) is 0 Å². The number of benzene rings is 5. The molecule has 2 nitrogen and oxygen atoms in total. The van der Waals surface area contributed by atoms with Gasteiger partial charge in [-0.3, -0.25) is 0 Å². The maximum absolute atomic E-state index is 2.38. The number of allylic oxidation sites excluding steroid dienone is 4. The Morgan fingerprint density at radius 1 is 0.400 bits per heavy atom. The van der Waals surface area contributed by atoms with Crippen LogP contribution in [0.15, 0.2) is 151 Å². The summed E-state index contributed by atoms with van der Waals surface area (Å²) in [4.78, 5) is 4.70. The van der Waals surface area contributed by atoms with Crippen LogP contribution in [0.1, 0.15) is 29.5 Å². The second-order valence-electron chi connectivity index (χ2n) is 10.4. The Balaban J connectivity index is 1.30. The molecule has 0 atom stereocenters. The summed E-state index contributed by atoms with van der Waals surface area (Å²) in [5.41, 5.74) is 12.3. The number of hydrogen-bond donors (Lipinski definition) is 0. The zero-order chi connectivity index (χ0) is 27.3. The number of nitrogens with zero attached hydrogens (tertiary/aromatic N) is 2. The maximum atomic E-state index is 2.38. The lowest BCUT2D eigenvalue weighted by Gasteiger charge is -2.30. The molecule has 0 aliphatic heterocycles. The zero-order valence-electron chi connectivity index (χ0n) is 23.2. The van der Waals surface area contributed by atoms with E-state index in [4.69, 9.17) is 0 Å². The van der Waals surface area contributed by atoms with Gasteiger partial charge in [-0.05, 0) is 105 Å². The Morgan fingerprint density at radius 3 is 1.30 bits per heavy atom. The monoisotopic (exact) mass is 518 g/mol. The van der Waals surface area contributed by atoms with E-state index < -0.39 is 0 Å². The third-order valence-electron chi connectivity index (χ3n) is 7.52. The van der Waals surface area contributed by atoms with E-state index in [2.05, 4.69) is 169 Å². The van der Waals surface area contributed by atoms with E-state index in [1.807, 2.05) is 0 Å². The third kappa shape index (κ3) is 5.48. The van der Waals surface area contributed by atoms with Crippen molar-refractivity contribution in [3.05, 3.63) is 168 Å². The van der Waals surface area contributed by atoms with E-state index in [-0.39, 0.29) is 0 Å². The smallest absolute Gasteiger partial charge is 0.0462 e. The van der Waals surface area contributed by atoms with Crippen LogP contribution in [0.25, 0.3) is 5.57 Å². The predicted octanol–water partition coefficient (Wildman–Crippen LogP) is 10.7. The minimum atomic E-state index is 0.982. The first kappa shape index (κ1) is 25.5. The summed E-state index contributed by atoms with van der Waals surface area (Å²) in [5, 5.41) is 0. The molecular formula is C38H34N2. The summed E-state index contributed by atoms with van der Waals surface area (Å²) >= 11 is 0. The second kappa shape index (κ2) is 11.5. The molecule has 5 aromatic carbocycles. The Bertz CT molecular complexity index is 1610. The van der Waals surface area contributed by atoms with Crippen LogP contribution in [-0.4, -0.2) is 0 Å². The van der Waals surface area contributed by atoms with Gasteiger partial charge in [0.2, 0.25) is 0 Å². The van der Waals surface area contributed by atoms with Gasteiger partial charge in [-0.15, -0.1) is 0 Å². The largest absolute Gasteiger partial charge is 0.314 e. The molecule has 0 bridgehead atoms. The second-order valence-corrected chi connectivity index (χ2v) is 10.4. The van der Waals surface area contributed by atoms with Gasteiger partial charge in [-0.25, -0.2) is 0 Å². The van der Waals surface area contributed by atoms with Crippen molar-refractivity contribution >= 4 is 34.0 Å². The van der Waals surface area contributed by atoms with Gasteiger partial charge in [-0.1, -0.05) is 90.0 Å². The number of rotatable bonds is 7. The molecule has 0 unspecified atom stereocenters. The van der Waals surface area contributed by atoms with E-state index in [9.17, 15) is 0 Å². The van der Waals surface area contributed by atoms with Crippen LogP contribution in [0.5, 0.6) is 0 Å². The van der Waals surface area contributed by atoms with Crippen LogP contribution in [0.2, 0.25) is 0 Å². The lowest BCUT2D eigenvalue weighted by molar-refractivity contribution is 0.929. The SMILES string of the molecule is Cc1ccc(N(C2=CC=C(c3ccc(N(c4ccccc4)c4ccc(C)cc4)cc3)CC2)c2ccccc2)cc1. The summed E-state index contributed by atoms with van der Waals surface area (Å²) in [7, 11) is 0. The first-order valence-electron chi connectivity index (χ1n) is 14.0. The Labute approximate surface area is 238 Å². The van der Waals surface area contributed by atoms with Crippen molar-refractivity contribution in [1.82, 2.24) is 0 Å². The van der Waals surface area contributed by atoms with E-state index >= 15 is 0 Å². The molecule has 0 spiro atoms. The first-order chi connectivity index (χ1) is 19.7. The standard InChI is InChI=1S/C38H34N2/c1-29-13-21-35(22-14-29)39(33-9-5-3-6-10-33)37-25-17-31(18-26-37)32-19-27-38(28-20-32)40(34-11-7-4-8-12-34)36-23-15-30(2)16-24-36/h3-19,21-27H,20,28H2,1-2H3. The topological polar surface area (TPSA) is 6.48 Å². The molecule has 0 saturated heterocycles. The third-order valence-corrected chi connectivity index (χ3v) is 7.52. The van der Waals surface area contributed by atoms with Crippen LogP contribution >= 0.6 is 0 Å². The van der Waals surface area contributed by atoms with Gasteiger partial charge < -0.3 is 9.80 Å². The van der Waals surface area contributed by atoms with Crippen LogP contribution in [0.4, 0.5) is 28.4 Å². The number of anilines is 5. The minimum Gasteiger partial charge on any atom is -0.314 e. The van der Waals surface area contributed by atoms with Gasteiger partial charge in [0, 0.05) is 34.1 Å². The molecule has 6 rings (SSSR count). The Kier molecular flexibility index (Phi) is 7.32. The molecule has 196 valence electrons. The van der Waals surface area contributed by atoms with Crippen molar-refractivity contribution < 1.29 is 0 Å². The van der Waals surface area contributed by atoms with Crippen LogP contribution in [0.3, 0.4) is 0 Å². The molecule has 0 radical (unpaired) electrons. The summed E-state index contributed by atoms with van der Waals surface area (Å²) in [6.07, 6.45) is 6.58. The fourth-order valence-electron chi connectivity index (χ4n) is 5.35. The molecule has 0 aromatic heterocycles. The maximum Gasteiger partial charge on any atom is 0.0462 e. The van der Waals surface area contributed by atoms with Crippen LogP contribution in [-0.2, 0) is 0 Å². The molecule has 0 saturated carbocycles. The average molecular weight is 519 g/mol. The Morgan fingerprint density at radius 2 is 0.825 bits per heavy atom. The van der Waals surface area contributed by atoms with Gasteiger partial charge >= 0.3 is 0 Å². The number of aryl methyl sites for hydroxylation is 2. The van der Waals surface area contributed by atoms with Crippen molar-refractivity contribution in [2.75, 3.05) is 9.80 Å². The van der Waals surface area contributed by atoms with Crippen LogP contribution < -0.4 is 9.80 Å². The van der Waals surface area contributed by atoms with Gasteiger partial charge in [0.25, 0.3) is 0 Å². The van der Waals surface area contributed by atoms with Crippen molar-refractivity contribution in [3.63, 3.8) is 0 Å². The summed E-state index contributed by atoms with van der Waals surface area (Å²) in [5.74, 6) is 0. The predicted molar refractivity (Wildman–Crippen MR) is 171 cm³/mol. The van der Waals surface area contributed by atoms with Crippen molar-refractivity contribution in [1.29, 1.82) is 0 Å². The molecule has 0 N–H and O–H groups in total. The van der Waals surface area contributed by atoms with E-state index in [0.717, 1.165) is 29.9 Å².